The molecule has 0 fully saturated rings. The molecular weight excluding hydrogens is 342 g/mol. The maximum Gasteiger partial charge on any atom is 0.373 e. The highest BCUT2D eigenvalue weighted by Crippen LogP contribution is 2.38. The smallest absolute Gasteiger partial charge is 0.282 e. The zero-order valence-corrected chi connectivity index (χ0v) is 15.2. The van der Waals surface area contributed by atoms with Gasteiger partial charge in [-0.15, -0.1) is 0 Å². The summed E-state index contributed by atoms with van der Waals surface area (Å²) in [6.07, 6.45) is 6.82. The van der Waals surface area contributed by atoms with Gasteiger partial charge in [-0.25, -0.2) is 4.98 Å². The Hall–Kier alpha value is -3.31. The summed E-state index contributed by atoms with van der Waals surface area (Å²) >= 11 is 0. The van der Waals surface area contributed by atoms with Gasteiger partial charge in [0.2, 0.25) is 0 Å². The molecule has 7 nitrogen and oxygen atoms in total. The fraction of sp³-hybridized carbons (Fsp3) is 0.300. The lowest BCUT2D eigenvalue weighted by molar-refractivity contribution is -0.191. The van der Waals surface area contributed by atoms with Crippen LogP contribution >= 0.6 is 0 Å². The van der Waals surface area contributed by atoms with E-state index in [2.05, 4.69) is 46.4 Å². The molecule has 27 heavy (non-hydrogen) atoms. The van der Waals surface area contributed by atoms with E-state index in [1.807, 2.05) is 6.20 Å². The number of hydrogen-bond acceptors (Lipinski definition) is 5. The number of fused-ring (bicyclic) bond motifs is 5. The number of aromatic nitrogens is 5. The summed E-state index contributed by atoms with van der Waals surface area (Å²) in [6, 6.07) is 4.17. The van der Waals surface area contributed by atoms with Crippen molar-refractivity contribution in [3.8, 4) is 11.3 Å². The molecule has 0 radical (unpaired) electrons. The van der Waals surface area contributed by atoms with Crippen molar-refractivity contribution in [3.05, 3.63) is 40.8 Å². The van der Waals surface area contributed by atoms with Crippen LogP contribution in [-0.4, -0.2) is 31.5 Å². The topological polar surface area (TPSA) is 104 Å². The van der Waals surface area contributed by atoms with E-state index in [-0.39, 0.29) is 6.15 Å². The summed E-state index contributed by atoms with van der Waals surface area (Å²) in [5.74, 6) is 0. The molecule has 0 saturated heterocycles. The van der Waals surface area contributed by atoms with E-state index in [0.29, 0.717) is 0 Å². The van der Waals surface area contributed by atoms with Crippen molar-refractivity contribution in [1.82, 2.24) is 25.4 Å². The fourth-order valence-electron chi connectivity index (χ4n) is 4.09. The van der Waals surface area contributed by atoms with E-state index in [4.69, 9.17) is 14.6 Å². The van der Waals surface area contributed by atoms with Crippen LogP contribution in [0.4, 0.5) is 0 Å². The first-order valence-corrected chi connectivity index (χ1v) is 8.94. The number of pyridine rings is 1. The van der Waals surface area contributed by atoms with Gasteiger partial charge in [-0.05, 0) is 62.8 Å². The largest absolute Gasteiger partial charge is 0.373 e. The number of nitrogens with one attached hydrogen (secondary N) is 2. The van der Waals surface area contributed by atoms with Crippen LogP contribution in [0, 0.1) is 13.8 Å². The number of rotatable bonds is 1. The van der Waals surface area contributed by atoms with Gasteiger partial charge < -0.3 is 0 Å². The maximum absolute atomic E-state index is 8.12. The molecule has 0 aliphatic heterocycles. The van der Waals surface area contributed by atoms with Gasteiger partial charge in [0.15, 0.2) is 0 Å². The Bertz CT molecular complexity index is 1180. The van der Waals surface area contributed by atoms with Crippen LogP contribution < -0.4 is 0 Å². The number of nitrogens with zero attached hydrogens (tertiary/aromatic N) is 3. The Morgan fingerprint density at radius 1 is 0.926 bits per heavy atom. The van der Waals surface area contributed by atoms with Crippen molar-refractivity contribution in [2.45, 2.75) is 39.5 Å². The van der Waals surface area contributed by atoms with E-state index in [0.717, 1.165) is 46.5 Å². The first-order valence-electron chi connectivity index (χ1n) is 8.94. The third-order valence-corrected chi connectivity index (χ3v) is 5.25. The number of carbonyl (C=O) groups excluding carboxylic acids is 2. The minimum absolute atomic E-state index is 0.250. The number of hydrogen-bond donors (Lipinski definition) is 2. The molecule has 1 aromatic carbocycles. The molecule has 1 aliphatic rings. The first-order chi connectivity index (χ1) is 13.2. The predicted octanol–water partition coefficient (Wildman–Crippen LogP) is 3.41. The van der Waals surface area contributed by atoms with Crippen molar-refractivity contribution in [3.63, 3.8) is 0 Å². The van der Waals surface area contributed by atoms with Crippen LogP contribution in [0.3, 0.4) is 0 Å². The molecule has 1 aliphatic carbocycles. The molecule has 0 atom stereocenters. The van der Waals surface area contributed by atoms with Crippen LogP contribution in [0.1, 0.15) is 35.4 Å². The van der Waals surface area contributed by atoms with Gasteiger partial charge in [0.05, 0.1) is 22.9 Å². The number of benzene rings is 1. The highest BCUT2D eigenvalue weighted by molar-refractivity contribution is 6.09. The second kappa shape index (κ2) is 6.78. The van der Waals surface area contributed by atoms with Crippen molar-refractivity contribution in [2.24, 2.45) is 0 Å². The Kier molecular flexibility index (Phi) is 4.30. The Labute approximate surface area is 155 Å². The number of aromatic amines is 2. The monoisotopic (exact) mass is 361 g/mol. The van der Waals surface area contributed by atoms with E-state index in [1.165, 1.54) is 34.7 Å². The molecule has 5 rings (SSSR count). The molecular formula is C20H19N5O2. The zero-order valence-electron chi connectivity index (χ0n) is 15.2. The van der Waals surface area contributed by atoms with E-state index >= 15 is 0 Å². The normalized spacial score (nSPS) is 13.1. The molecule has 2 N–H and O–H groups in total. The van der Waals surface area contributed by atoms with Gasteiger partial charge in [0.25, 0.3) is 0 Å². The van der Waals surface area contributed by atoms with Gasteiger partial charge >= 0.3 is 6.15 Å². The van der Waals surface area contributed by atoms with Crippen molar-refractivity contribution >= 4 is 28.0 Å². The van der Waals surface area contributed by atoms with Crippen molar-refractivity contribution in [2.75, 3.05) is 0 Å². The first kappa shape index (κ1) is 17.1. The maximum atomic E-state index is 8.12. The van der Waals surface area contributed by atoms with E-state index < -0.39 is 0 Å². The Morgan fingerprint density at radius 2 is 1.63 bits per heavy atom. The van der Waals surface area contributed by atoms with Gasteiger partial charge in [0, 0.05) is 27.7 Å². The molecule has 0 spiro atoms. The fourth-order valence-corrected chi connectivity index (χ4v) is 4.09. The molecule has 0 saturated carbocycles. The summed E-state index contributed by atoms with van der Waals surface area (Å²) in [4.78, 5) is 21.3. The summed E-state index contributed by atoms with van der Waals surface area (Å²) in [5.41, 5.74) is 9.36. The van der Waals surface area contributed by atoms with Gasteiger partial charge in [-0.3, -0.25) is 10.2 Å². The molecule has 0 unspecified atom stereocenters. The number of H-pyrrole nitrogens is 2. The summed E-state index contributed by atoms with van der Waals surface area (Å²) in [7, 11) is 0. The van der Waals surface area contributed by atoms with Crippen molar-refractivity contribution in [1.29, 1.82) is 0 Å². The molecule has 0 amide bonds. The van der Waals surface area contributed by atoms with Crippen LogP contribution in [-0.2, 0) is 22.4 Å². The minimum atomic E-state index is 0.250. The highest BCUT2D eigenvalue weighted by atomic mass is 16.2. The molecule has 3 aromatic heterocycles. The second-order valence-electron chi connectivity index (χ2n) is 6.82. The summed E-state index contributed by atoms with van der Waals surface area (Å²) < 4.78 is 0. The lowest BCUT2D eigenvalue weighted by atomic mass is 9.85. The third kappa shape index (κ3) is 2.73. The molecule has 3 heterocycles. The molecule has 4 aromatic rings. The van der Waals surface area contributed by atoms with Gasteiger partial charge in [-0.1, -0.05) is 0 Å². The SMILES string of the molecule is Cc1[nH]ncc1-c1nc2ccc3n[nH]c(C)c3c2c2c1CCCC2.O=C=O. The predicted molar refractivity (Wildman–Crippen MR) is 100 cm³/mol. The standard InChI is InChI=1S/C19H19N5.CO2/c1-10-14(9-20-22-10)19-13-6-4-3-5-12(13)18-15(21-19)7-8-16-17(18)11(2)23-24-16;2-1-3/h7-9H,3-6H2,1-2H3,(H,20,22)(H,23,24);. The Balaban J connectivity index is 0.000000565. The highest BCUT2D eigenvalue weighted by Gasteiger charge is 2.23. The zero-order chi connectivity index (χ0) is 19.0. The van der Waals surface area contributed by atoms with Crippen LogP contribution in [0.5, 0.6) is 0 Å². The second-order valence-corrected chi connectivity index (χ2v) is 6.82. The van der Waals surface area contributed by atoms with Crippen LogP contribution in [0.2, 0.25) is 0 Å². The summed E-state index contributed by atoms with van der Waals surface area (Å²) in [6.45, 7) is 4.16. The quantitative estimate of drug-likeness (QED) is 0.540. The summed E-state index contributed by atoms with van der Waals surface area (Å²) in [5, 5.41) is 17.3. The minimum Gasteiger partial charge on any atom is -0.282 e. The third-order valence-electron chi connectivity index (χ3n) is 5.25. The number of aryl methyl sites for hydroxylation is 3. The van der Waals surface area contributed by atoms with E-state index in [1.54, 1.807) is 0 Å². The average Bonchev–Trinajstić information content (AvgIpc) is 3.27. The molecule has 136 valence electrons. The molecule has 7 heteroatoms. The van der Waals surface area contributed by atoms with E-state index in [9.17, 15) is 0 Å². The van der Waals surface area contributed by atoms with Crippen LogP contribution in [0.25, 0.3) is 33.1 Å². The van der Waals surface area contributed by atoms with Crippen LogP contribution in [0.15, 0.2) is 18.3 Å². The Morgan fingerprint density at radius 3 is 2.33 bits per heavy atom. The van der Waals surface area contributed by atoms with Crippen molar-refractivity contribution < 1.29 is 9.59 Å². The van der Waals surface area contributed by atoms with Gasteiger partial charge in [-0.2, -0.15) is 19.8 Å². The lowest BCUT2D eigenvalue weighted by Gasteiger charge is -2.21. The molecule has 0 bridgehead atoms. The lowest BCUT2D eigenvalue weighted by Crippen LogP contribution is -2.08. The van der Waals surface area contributed by atoms with Gasteiger partial charge in [0.1, 0.15) is 0 Å². The average molecular weight is 361 g/mol.